The smallest absolute Gasteiger partial charge is 0.0495 e. The van der Waals surface area contributed by atoms with Gasteiger partial charge in [0.25, 0.3) is 0 Å². The van der Waals surface area contributed by atoms with E-state index in [0.717, 1.165) is 6.42 Å². The average Bonchev–Trinajstić information content (AvgIpc) is 2.60. The number of nitrogens with zero attached hydrogens (tertiary/aromatic N) is 1. The van der Waals surface area contributed by atoms with Crippen LogP contribution in [0.1, 0.15) is 17.7 Å². The predicted molar refractivity (Wildman–Crippen MR) is 68.9 cm³/mol. The second-order valence-corrected chi connectivity index (χ2v) is 4.03. The van der Waals surface area contributed by atoms with Crippen LogP contribution in [0.25, 0.3) is 24.3 Å². The van der Waals surface area contributed by atoms with Crippen LogP contribution in [0.5, 0.6) is 0 Å². The molecule has 1 aromatic heterocycles. The van der Waals surface area contributed by atoms with Crippen molar-refractivity contribution in [3.05, 3.63) is 51.9 Å². The maximum Gasteiger partial charge on any atom is 0.0495 e. The largest absolute Gasteiger partial charge is 0.344 e. The third-order valence-electron chi connectivity index (χ3n) is 3.08. The normalized spacial score (nSPS) is 15.8. The summed E-state index contributed by atoms with van der Waals surface area (Å²) in [5.41, 5.74) is 5.72. The van der Waals surface area contributed by atoms with Gasteiger partial charge in [-0.2, -0.15) is 0 Å². The summed E-state index contributed by atoms with van der Waals surface area (Å²) in [7, 11) is 2.12. The second kappa shape index (κ2) is 3.55. The summed E-state index contributed by atoms with van der Waals surface area (Å²) >= 11 is 0. The van der Waals surface area contributed by atoms with E-state index >= 15 is 0 Å². The van der Waals surface area contributed by atoms with Gasteiger partial charge in [-0.1, -0.05) is 18.2 Å². The first kappa shape index (κ1) is 9.26. The van der Waals surface area contributed by atoms with Crippen LogP contribution in [0, 0.1) is 0 Å². The van der Waals surface area contributed by atoms with E-state index in [1.54, 1.807) is 0 Å². The average molecular weight is 207 g/mol. The summed E-state index contributed by atoms with van der Waals surface area (Å²) in [5.74, 6) is 0. The van der Waals surface area contributed by atoms with E-state index in [9.17, 15) is 0 Å². The van der Waals surface area contributed by atoms with Crippen molar-refractivity contribution in [2.45, 2.75) is 6.42 Å². The number of rotatable bonds is 0. The van der Waals surface area contributed by atoms with E-state index in [1.165, 1.54) is 21.8 Å². The molecule has 0 amide bonds. The SMILES string of the molecule is Cn1c2c(c3c1=CC=C=CC=3)C=CCC=C2. The molecule has 0 saturated carbocycles. The first-order valence-electron chi connectivity index (χ1n) is 5.53. The van der Waals surface area contributed by atoms with E-state index in [0.29, 0.717) is 0 Å². The van der Waals surface area contributed by atoms with Gasteiger partial charge in [0.15, 0.2) is 0 Å². The van der Waals surface area contributed by atoms with Gasteiger partial charge in [-0.3, -0.25) is 0 Å². The van der Waals surface area contributed by atoms with Gasteiger partial charge in [0.2, 0.25) is 0 Å². The molecule has 0 atom stereocenters. The van der Waals surface area contributed by atoms with Gasteiger partial charge < -0.3 is 4.57 Å². The first-order valence-corrected chi connectivity index (χ1v) is 5.53. The van der Waals surface area contributed by atoms with E-state index in [4.69, 9.17) is 0 Å². The highest BCUT2D eigenvalue weighted by molar-refractivity contribution is 5.69. The fourth-order valence-corrected chi connectivity index (χ4v) is 2.28. The maximum atomic E-state index is 3.11. The highest BCUT2D eigenvalue weighted by Crippen LogP contribution is 2.12. The van der Waals surface area contributed by atoms with Crippen molar-refractivity contribution in [2.24, 2.45) is 7.05 Å². The van der Waals surface area contributed by atoms with Crippen LogP contribution in [0.2, 0.25) is 0 Å². The molecular weight excluding hydrogens is 194 g/mol. The lowest BCUT2D eigenvalue weighted by Crippen LogP contribution is -2.27. The summed E-state index contributed by atoms with van der Waals surface area (Å²) in [6.45, 7) is 0. The van der Waals surface area contributed by atoms with Crippen molar-refractivity contribution >= 4 is 24.3 Å². The maximum absolute atomic E-state index is 3.11. The number of aromatic nitrogens is 1. The Kier molecular flexibility index (Phi) is 2.05. The molecule has 0 radical (unpaired) electrons. The number of hydrogen-bond donors (Lipinski definition) is 0. The highest BCUT2D eigenvalue weighted by Gasteiger charge is 2.08. The zero-order valence-corrected chi connectivity index (χ0v) is 9.27. The molecule has 1 aromatic rings. The Hall–Kier alpha value is -1.98. The molecule has 16 heavy (non-hydrogen) atoms. The van der Waals surface area contributed by atoms with Crippen molar-refractivity contribution < 1.29 is 0 Å². The second-order valence-electron chi connectivity index (χ2n) is 4.03. The molecule has 0 spiro atoms. The minimum atomic E-state index is 1.02. The third kappa shape index (κ3) is 1.26. The quantitative estimate of drug-likeness (QED) is 0.571. The number of fused-ring (bicyclic) bond motifs is 3. The molecule has 1 nitrogen and oxygen atoms in total. The standard InChI is InChI=1S/C15H13N/c1-16-14-10-6-2-4-8-12(14)13-9-5-3-7-11-15(13)16/h4-11H,2H2,1H3. The van der Waals surface area contributed by atoms with E-state index in [2.05, 4.69) is 53.8 Å². The minimum absolute atomic E-state index is 1.02. The minimum Gasteiger partial charge on any atom is -0.344 e. The predicted octanol–water partition coefficient (Wildman–Crippen LogP) is 1.74. The Balaban J connectivity index is 2.50. The van der Waals surface area contributed by atoms with Crippen molar-refractivity contribution in [1.29, 1.82) is 0 Å². The van der Waals surface area contributed by atoms with Crippen LogP contribution in [0.4, 0.5) is 0 Å². The van der Waals surface area contributed by atoms with Crippen LogP contribution >= 0.6 is 0 Å². The molecule has 2 aliphatic rings. The highest BCUT2D eigenvalue weighted by atomic mass is 14.9. The molecule has 1 heterocycles. The summed E-state index contributed by atoms with van der Waals surface area (Å²) in [4.78, 5) is 0. The Morgan fingerprint density at radius 2 is 1.94 bits per heavy atom. The lowest BCUT2D eigenvalue weighted by Gasteiger charge is -1.97. The van der Waals surface area contributed by atoms with Gasteiger partial charge in [-0.25, -0.2) is 0 Å². The molecule has 0 bridgehead atoms. The van der Waals surface area contributed by atoms with Crippen LogP contribution in [-0.2, 0) is 7.05 Å². The molecule has 78 valence electrons. The van der Waals surface area contributed by atoms with Crippen LogP contribution in [0.15, 0.2) is 30.0 Å². The number of allylic oxidation sites excluding steroid dienone is 3. The molecule has 0 saturated heterocycles. The van der Waals surface area contributed by atoms with Gasteiger partial charge >= 0.3 is 0 Å². The zero-order chi connectivity index (χ0) is 11.0. The summed E-state index contributed by atoms with van der Waals surface area (Å²) < 4.78 is 2.24. The summed E-state index contributed by atoms with van der Waals surface area (Å²) in [6, 6.07) is 0. The summed E-state index contributed by atoms with van der Waals surface area (Å²) in [6.07, 6.45) is 18.0. The Morgan fingerprint density at radius 1 is 1.12 bits per heavy atom. The van der Waals surface area contributed by atoms with Crippen LogP contribution in [-0.4, -0.2) is 4.57 Å². The molecule has 0 unspecified atom stereocenters. The van der Waals surface area contributed by atoms with Crippen molar-refractivity contribution in [2.75, 3.05) is 0 Å². The lowest BCUT2D eigenvalue weighted by atomic mass is 10.2. The zero-order valence-electron chi connectivity index (χ0n) is 9.27. The molecule has 1 heteroatoms. The van der Waals surface area contributed by atoms with Gasteiger partial charge in [0.05, 0.1) is 0 Å². The Labute approximate surface area is 94.7 Å². The molecule has 0 aliphatic heterocycles. The molecule has 0 fully saturated rings. The Bertz CT molecular complexity index is 672. The molecule has 0 aromatic carbocycles. The first-order chi connectivity index (χ1) is 7.88. The molecule has 3 rings (SSSR count). The van der Waals surface area contributed by atoms with Crippen molar-refractivity contribution in [1.82, 2.24) is 4.57 Å². The number of hydrogen-bond acceptors (Lipinski definition) is 0. The molecule has 0 N–H and O–H groups in total. The topological polar surface area (TPSA) is 4.93 Å². The van der Waals surface area contributed by atoms with Crippen molar-refractivity contribution in [3.63, 3.8) is 0 Å². The molecule has 2 aliphatic carbocycles. The Morgan fingerprint density at radius 3 is 2.88 bits per heavy atom. The fraction of sp³-hybridized carbons (Fsp3) is 0.133. The van der Waals surface area contributed by atoms with E-state index in [1.807, 2.05) is 12.2 Å². The summed E-state index contributed by atoms with van der Waals surface area (Å²) in [5, 5.41) is 2.55. The fourth-order valence-electron chi connectivity index (χ4n) is 2.28. The van der Waals surface area contributed by atoms with Crippen LogP contribution in [0.3, 0.4) is 0 Å². The van der Waals surface area contributed by atoms with Gasteiger partial charge in [-0.15, -0.1) is 5.73 Å². The third-order valence-corrected chi connectivity index (χ3v) is 3.08. The van der Waals surface area contributed by atoms with E-state index < -0.39 is 0 Å². The van der Waals surface area contributed by atoms with E-state index in [-0.39, 0.29) is 0 Å². The van der Waals surface area contributed by atoms with Crippen molar-refractivity contribution in [3.8, 4) is 0 Å². The lowest BCUT2D eigenvalue weighted by molar-refractivity contribution is 0.877. The van der Waals surface area contributed by atoms with Gasteiger partial charge in [0.1, 0.15) is 0 Å². The van der Waals surface area contributed by atoms with Gasteiger partial charge in [-0.05, 0) is 36.8 Å². The van der Waals surface area contributed by atoms with Crippen LogP contribution < -0.4 is 10.6 Å². The van der Waals surface area contributed by atoms with Gasteiger partial charge in [0, 0.05) is 28.9 Å². The monoisotopic (exact) mass is 207 g/mol. The molecular formula is C15H13N.